The summed E-state index contributed by atoms with van der Waals surface area (Å²) in [5.74, 6) is -0.151. The molecule has 5 heteroatoms. The number of hydrogen-bond donors (Lipinski definition) is 0. The van der Waals surface area contributed by atoms with Crippen molar-refractivity contribution in [2.24, 2.45) is 5.92 Å². The highest BCUT2D eigenvalue weighted by atomic mass is 16.5. The summed E-state index contributed by atoms with van der Waals surface area (Å²) in [5, 5.41) is 9.75. The maximum atomic E-state index is 11.6. The summed E-state index contributed by atoms with van der Waals surface area (Å²) in [7, 11) is 3.54. The van der Waals surface area contributed by atoms with Crippen LogP contribution in [0.3, 0.4) is 0 Å². The summed E-state index contributed by atoms with van der Waals surface area (Å²) in [6.07, 6.45) is 9.44. The standard InChI is InChI=1S/C23H27N3O2.2C2H6/c1-25-11-4-12-26(14-13-25)17-18-5-3-6-22(21(15-18)16-24)19-7-9-20(10-8-19)23(27)28-2;2*1-2/h3,5-10,15,18H,4,11-14,17H2,1-2H3;2*1-2H3. The Morgan fingerprint density at radius 2 is 1.78 bits per heavy atom. The van der Waals surface area contributed by atoms with Gasteiger partial charge in [-0.25, -0.2) is 4.79 Å². The van der Waals surface area contributed by atoms with Crippen LogP contribution in [-0.4, -0.2) is 62.7 Å². The smallest absolute Gasteiger partial charge is 0.337 e. The predicted octanol–water partition coefficient (Wildman–Crippen LogP) is 5.18. The first-order valence-electron chi connectivity index (χ1n) is 11.7. The van der Waals surface area contributed by atoms with Gasteiger partial charge in [0.2, 0.25) is 0 Å². The molecule has 174 valence electrons. The number of allylic oxidation sites excluding steroid dienone is 4. The van der Waals surface area contributed by atoms with Crippen LogP contribution < -0.4 is 0 Å². The quantitative estimate of drug-likeness (QED) is 0.607. The Labute approximate surface area is 194 Å². The van der Waals surface area contributed by atoms with Crippen LogP contribution in [0.2, 0.25) is 0 Å². The third kappa shape index (κ3) is 8.11. The molecule has 2 aliphatic rings. The summed E-state index contributed by atoms with van der Waals surface area (Å²) >= 11 is 0. The minimum Gasteiger partial charge on any atom is -0.465 e. The number of hydrogen-bond acceptors (Lipinski definition) is 5. The average molecular weight is 438 g/mol. The monoisotopic (exact) mass is 437 g/mol. The van der Waals surface area contributed by atoms with Crippen molar-refractivity contribution in [2.75, 3.05) is 46.9 Å². The molecule has 1 unspecified atom stereocenters. The molecule has 1 aliphatic heterocycles. The van der Waals surface area contributed by atoms with Gasteiger partial charge in [0.15, 0.2) is 0 Å². The average Bonchev–Trinajstić information content (AvgIpc) is 3.19. The molecule has 3 rings (SSSR count). The first-order valence-corrected chi connectivity index (χ1v) is 11.7. The highest BCUT2D eigenvalue weighted by Crippen LogP contribution is 2.27. The molecule has 1 aromatic carbocycles. The summed E-state index contributed by atoms with van der Waals surface area (Å²) in [6.45, 7) is 13.3. The molecule has 1 aliphatic carbocycles. The minimum absolute atomic E-state index is 0.209. The van der Waals surface area contributed by atoms with Crippen LogP contribution in [-0.2, 0) is 4.74 Å². The summed E-state index contributed by atoms with van der Waals surface area (Å²) in [5.41, 5.74) is 2.98. The van der Waals surface area contributed by atoms with Crippen molar-refractivity contribution in [3.05, 3.63) is 65.3 Å². The Hall–Kier alpha value is -2.68. The van der Waals surface area contributed by atoms with Gasteiger partial charge in [-0.2, -0.15) is 5.26 Å². The number of likely N-dealkylation sites (N-methyl/N-ethyl adjacent to an activating group) is 1. The van der Waals surface area contributed by atoms with Gasteiger partial charge in [0.1, 0.15) is 0 Å². The van der Waals surface area contributed by atoms with Gasteiger partial charge in [-0.05, 0) is 49.8 Å². The van der Waals surface area contributed by atoms with Crippen LogP contribution in [0.5, 0.6) is 0 Å². The first kappa shape index (κ1) is 27.4. The molecule has 0 spiro atoms. The number of ether oxygens (including phenoxy) is 1. The van der Waals surface area contributed by atoms with Crippen LogP contribution in [0.25, 0.3) is 5.57 Å². The van der Waals surface area contributed by atoms with E-state index in [2.05, 4.69) is 35.1 Å². The van der Waals surface area contributed by atoms with E-state index in [9.17, 15) is 10.1 Å². The summed E-state index contributed by atoms with van der Waals surface area (Å²) in [4.78, 5) is 16.5. The molecule has 1 fully saturated rings. The van der Waals surface area contributed by atoms with Crippen molar-refractivity contribution in [1.29, 1.82) is 5.26 Å². The number of nitriles is 1. The number of methoxy groups -OCH3 is 1. The van der Waals surface area contributed by atoms with Crippen LogP contribution >= 0.6 is 0 Å². The number of rotatable bonds is 4. The van der Waals surface area contributed by atoms with Gasteiger partial charge in [-0.3, -0.25) is 0 Å². The highest BCUT2D eigenvalue weighted by Gasteiger charge is 2.18. The van der Waals surface area contributed by atoms with Gasteiger partial charge in [0, 0.05) is 25.6 Å². The van der Waals surface area contributed by atoms with E-state index >= 15 is 0 Å². The number of carbonyl (C=O) groups excluding carboxylic acids is 1. The van der Waals surface area contributed by atoms with Crippen molar-refractivity contribution >= 4 is 11.5 Å². The van der Waals surface area contributed by atoms with E-state index in [4.69, 9.17) is 4.74 Å². The zero-order valence-corrected chi connectivity index (χ0v) is 20.6. The molecule has 0 bridgehead atoms. The highest BCUT2D eigenvalue weighted by molar-refractivity contribution is 5.91. The normalized spacial score (nSPS) is 18.8. The maximum absolute atomic E-state index is 11.6. The molecule has 32 heavy (non-hydrogen) atoms. The van der Waals surface area contributed by atoms with Gasteiger partial charge < -0.3 is 14.5 Å². The molecular formula is C27H39N3O2. The van der Waals surface area contributed by atoms with Crippen LogP contribution in [0.4, 0.5) is 0 Å². The molecule has 0 aromatic heterocycles. The number of carbonyl (C=O) groups is 1. The molecular weight excluding hydrogens is 398 g/mol. The molecule has 0 saturated carbocycles. The van der Waals surface area contributed by atoms with E-state index in [1.54, 1.807) is 12.1 Å². The lowest BCUT2D eigenvalue weighted by molar-refractivity contribution is 0.0600. The predicted molar refractivity (Wildman–Crippen MR) is 133 cm³/mol. The Morgan fingerprint density at radius 1 is 1.09 bits per heavy atom. The number of benzene rings is 1. The lowest BCUT2D eigenvalue weighted by Gasteiger charge is -2.23. The minimum atomic E-state index is -0.361. The number of nitrogens with zero attached hydrogens (tertiary/aromatic N) is 3. The van der Waals surface area contributed by atoms with Gasteiger partial charge >= 0.3 is 5.97 Å². The lowest BCUT2D eigenvalue weighted by atomic mass is 9.96. The second-order valence-corrected chi connectivity index (χ2v) is 7.35. The topological polar surface area (TPSA) is 56.6 Å². The van der Waals surface area contributed by atoms with E-state index in [0.717, 1.165) is 43.9 Å². The zero-order valence-electron chi connectivity index (χ0n) is 20.6. The fourth-order valence-electron chi connectivity index (χ4n) is 3.69. The third-order valence-corrected chi connectivity index (χ3v) is 5.31. The van der Waals surface area contributed by atoms with E-state index in [-0.39, 0.29) is 11.9 Å². The van der Waals surface area contributed by atoms with Crippen molar-refractivity contribution in [1.82, 2.24) is 9.80 Å². The van der Waals surface area contributed by atoms with Gasteiger partial charge in [-0.15, -0.1) is 0 Å². The Kier molecular flexibility index (Phi) is 13.0. The van der Waals surface area contributed by atoms with Crippen molar-refractivity contribution in [2.45, 2.75) is 34.1 Å². The summed E-state index contributed by atoms with van der Waals surface area (Å²) < 4.78 is 4.75. The van der Waals surface area contributed by atoms with Crippen molar-refractivity contribution in [3.63, 3.8) is 0 Å². The molecule has 0 amide bonds. The molecule has 0 N–H and O–H groups in total. The zero-order chi connectivity index (χ0) is 23.9. The Morgan fingerprint density at radius 3 is 2.41 bits per heavy atom. The van der Waals surface area contributed by atoms with E-state index in [1.807, 2.05) is 52.0 Å². The molecule has 0 radical (unpaired) electrons. The molecule has 1 saturated heterocycles. The van der Waals surface area contributed by atoms with Crippen LogP contribution in [0.1, 0.15) is 50.0 Å². The Balaban J connectivity index is 0.00000121. The lowest BCUT2D eigenvalue weighted by Crippen LogP contribution is -2.32. The maximum Gasteiger partial charge on any atom is 0.337 e. The second-order valence-electron chi connectivity index (χ2n) is 7.35. The molecule has 1 heterocycles. The molecule has 1 atom stereocenters. The van der Waals surface area contributed by atoms with E-state index in [0.29, 0.717) is 11.1 Å². The van der Waals surface area contributed by atoms with Crippen molar-refractivity contribution < 1.29 is 9.53 Å². The Bertz CT molecular complexity index is 831. The summed E-state index contributed by atoms with van der Waals surface area (Å²) in [6, 6.07) is 9.55. The second kappa shape index (κ2) is 15.2. The first-order chi connectivity index (χ1) is 15.6. The third-order valence-electron chi connectivity index (χ3n) is 5.31. The van der Waals surface area contributed by atoms with Crippen molar-refractivity contribution in [3.8, 4) is 6.07 Å². The number of esters is 1. The fraction of sp³-hybridized carbons (Fsp3) is 0.481. The van der Waals surface area contributed by atoms with E-state index in [1.165, 1.54) is 13.5 Å². The van der Waals surface area contributed by atoms with Gasteiger partial charge in [0.05, 0.1) is 24.3 Å². The largest absolute Gasteiger partial charge is 0.465 e. The van der Waals surface area contributed by atoms with Crippen LogP contribution in [0, 0.1) is 17.2 Å². The van der Waals surface area contributed by atoms with Crippen LogP contribution in [0.15, 0.2) is 54.1 Å². The fourth-order valence-corrected chi connectivity index (χ4v) is 3.69. The van der Waals surface area contributed by atoms with Gasteiger partial charge in [-0.1, -0.05) is 64.1 Å². The SMILES string of the molecule is CC.CC.COC(=O)c1ccc(C2=CC=CC(CN3CCCN(C)CC3)C=C2C#N)cc1. The van der Waals surface area contributed by atoms with E-state index < -0.39 is 0 Å². The molecule has 5 nitrogen and oxygen atoms in total. The molecule has 1 aromatic rings. The van der Waals surface area contributed by atoms with Gasteiger partial charge in [0.25, 0.3) is 0 Å².